The van der Waals surface area contributed by atoms with Gasteiger partial charge in [0, 0.05) is 11.8 Å². The standard InChI is InChI=1S/C17H20O2/c1-3-17-9-8-14(18)11-13(17)5-4-12-10-15(19-2)6-7-16(12)17/h6-7,10-11H,3-5,8-9H2,1-2H3. The fraction of sp³-hybridized carbons (Fsp3) is 0.471. The minimum absolute atomic E-state index is 0.105. The molecule has 0 saturated heterocycles. The molecule has 2 heteroatoms. The molecule has 2 aliphatic carbocycles. The second-order valence-electron chi connectivity index (χ2n) is 5.59. The second-order valence-corrected chi connectivity index (χ2v) is 5.59. The molecule has 0 saturated carbocycles. The Morgan fingerprint density at radius 3 is 2.84 bits per heavy atom. The summed E-state index contributed by atoms with van der Waals surface area (Å²) in [6, 6.07) is 6.43. The summed E-state index contributed by atoms with van der Waals surface area (Å²) < 4.78 is 5.33. The van der Waals surface area contributed by atoms with Crippen molar-refractivity contribution in [2.75, 3.05) is 7.11 Å². The van der Waals surface area contributed by atoms with E-state index in [2.05, 4.69) is 25.1 Å². The first-order chi connectivity index (χ1) is 9.19. The summed E-state index contributed by atoms with van der Waals surface area (Å²) in [5.74, 6) is 1.24. The Morgan fingerprint density at radius 1 is 1.26 bits per heavy atom. The minimum Gasteiger partial charge on any atom is -0.497 e. The highest BCUT2D eigenvalue weighted by molar-refractivity contribution is 5.92. The van der Waals surface area contributed by atoms with Gasteiger partial charge in [-0.25, -0.2) is 0 Å². The fourth-order valence-corrected chi connectivity index (χ4v) is 3.76. The molecule has 0 bridgehead atoms. The van der Waals surface area contributed by atoms with Gasteiger partial charge in [-0.3, -0.25) is 4.79 Å². The third kappa shape index (κ3) is 1.81. The molecule has 2 aliphatic rings. The van der Waals surface area contributed by atoms with Gasteiger partial charge < -0.3 is 4.74 Å². The number of methoxy groups -OCH3 is 1. The van der Waals surface area contributed by atoms with Gasteiger partial charge in [0.2, 0.25) is 0 Å². The van der Waals surface area contributed by atoms with E-state index in [-0.39, 0.29) is 5.41 Å². The van der Waals surface area contributed by atoms with Gasteiger partial charge in [-0.05, 0) is 55.0 Å². The highest BCUT2D eigenvalue weighted by atomic mass is 16.5. The van der Waals surface area contributed by atoms with E-state index in [1.54, 1.807) is 7.11 Å². The highest BCUT2D eigenvalue weighted by Gasteiger charge is 2.41. The van der Waals surface area contributed by atoms with E-state index in [9.17, 15) is 4.79 Å². The molecule has 0 radical (unpaired) electrons. The average molecular weight is 256 g/mol. The van der Waals surface area contributed by atoms with Crippen molar-refractivity contribution >= 4 is 5.78 Å². The number of hydrogen-bond donors (Lipinski definition) is 0. The maximum absolute atomic E-state index is 11.7. The first-order valence-electron chi connectivity index (χ1n) is 7.11. The van der Waals surface area contributed by atoms with E-state index in [1.165, 1.54) is 16.7 Å². The summed E-state index contributed by atoms with van der Waals surface area (Å²) in [4.78, 5) is 11.7. The van der Waals surface area contributed by atoms with E-state index >= 15 is 0 Å². The maximum atomic E-state index is 11.7. The molecule has 0 N–H and O–H groups in total. The number of carbonyl (C=O) groups excluding carboxylic acids is 1. The van der Waals surface area contributed by atoms with Crippen LogP contribution in [0.15, 0.2) is 29.8 Å². The lowest BCUT2D eigenvalue weighted by atomic mass is 9.60. The van der Waals surface area contributed by atoms with Crippen LogP contribution in [0, 0.1) is 0 Å². The smallest absolute Gasteiger partial charge is 0.155 e. The van der Waals surface area contributed by atoms with E-state index < -0.39 is 0 Å². The molecule has 0 aliphatic heterocycles. The second kappa shape index (κ2) is 4.52. The zero-order valence-electron chi connectivity index (χ0n) is 11.7. The maximum Gasteiger partial charge on any atom is 0.155 e. The first kappa shape index (κ1) is 12.5. The van der Waals surface area contributed by atoms with Crippen molar-refractivity contribution in [2.45, 2.75) is 44.4 Å². The van der Waals surface area contributed by atoms with Gasteiger partial charge in [0.05, 0.1) is 7.11 Å². The van der Waals surface area contributed by atoms with Gasteiger partial charge in [0.1, 0.15) is 5.75 Å². The number of allylic oxidation sites excluding steroid dienone is 2. The summed E-state index contributed by atoms with van der Waals surface area (Å²) >= 11 is 0. The topological polar surface area (TPSA) is 26.3 Å². The van der Waals surface area contributed by atoms with E-state index in [0.29, 0.717) is 12.2 Å². The normalized spacial score (nSPS) is 25.4. The fourth-order valence-electron chi connectivity index (χ4n) is 3.76. The zero-order chi connectivity index (χ0) is 13.5. The van der Waals surface area contributed by atoms with Crippen LogP contribution in [0.5, 0.6) is 5.75 Å². The Morgan fingerprint density at radius 2 is 2.11 bits per heavy atom. The number of benzene rings is 1. The van der Waals surface area contributed by atoms with Crippen molar-refractivity contribution in [2.24, 2.45) is 0 Å². The van der Waals surface area contributed by atoms with Crippen LogP contribution in [-0.2, 0) is 16.6 Å². The highest BCUT2D eigenvalue weighted by Crippen LogP contribution is 2.49. The van der Waals surface area contributed by atoms with Gasteiger partial charge in [-0.1, -0.05) is 18.6 Å². The Bertz CT molecular complexity index is 556. The van der Waals surface area contributed by atoms with Crippen LogP contribution in [0.3, 0.4) is 0 Å². The molecule has 0 aromatic heterocycles. The van der Waals surface area contributed by atoms with Gasteiger partial charge in [-0.15, -0.1) is 0 Å². The first-order valence-corrected chi connectivity index (χ1v) is 7.11. The molecule has 100 valence electrons. The molecular formula is C17H20O2. The van der Waals surface area contributed by atoms with Crippen molar-refractivity contribution in [1.82, 2.24) is 0 Å². The third-order valence-electron chi connectivity index (χ3n) is 4.84. The SMILES string of the molecule is CCC12CCC(=O)C=C1CCc1cc(OC)ccc12. The predicted molar refractivity (Wildman–Crippen MR) is 75.6 cm³/mol. The lowest BCUT2D eigenvalue weighted by Gasteiger charge is -2.43. The molecule has 1 atom stereocenters. The van der Waals surface area contributed by atoms with Gasteiger partial charge >= 0.3 is 0 Å². The van der Waals surface area contributed by atoms with Crippen molar-refractivity contribution in [3.63, 3.8) is 0 Å². The molecule has 19 heavy (non-hydrogen) atoms. The van der Waals surface area contributed by atoms with Crippen LogP contribution in [0.1, 0.15) is 43.7 Å². The number of hydrogen-bond acceptors (Lipinski definition) is 2. The number of ether oxygens (including phenoxy) is 1. The summed E-state index contributed by atoms with van der Waals surface area (Å²) in [5, 5.41) is 0. The quantitative estimate of drug-likeness (QED) is 0.808. The summed E-state index contributed by atoms with van der Waals surface area (Å²) in [7, 11) is 1.71. The van der Waals surface area contributed by atoms with Crippen molar-refractivity contribution in [3.8, 4) is 5.75 Å². The van der Waals surface area contributed by atoms with Crippen LogP contribution in [0.4, 0.5) is 0 Å². The lowest BCUT2D eigenvalue weighted by Crippen LogP contribution is -2.36. The summed E-state index contributed by atoms with van der Waals surface area (Å²) in [5.41, 5.74) is 4.27. The van der Waals surface area contributed by atoms with Crippen molar-refractivity contribution in [3.05, 3.63) is 41.0 Å². The Hall–Kier alpha value is -1.57. The minimum atomic E-state index is 0.105. The van der Waals surface area contributed by atoms with Crippen LogP contribution < -0.4 is 4.74 Å². The molecule has 1 unspecified atom stereocenters. The van der Waals surface area contributed by atoms with E-state index in [0.717, 1.165) is 31.4 Å². The van der Waals surface area contributed by atoms with Crippen LogP contribution in [0.2, 0.25) is 0 Å². The van der Waals surface area contributed by atoms with Crippen molar-refractivity contribution in [1.29, 1.82) is 0 Å². The molecular weight excluding hydrogens is 236 g/mol. The summed E-state index contributed by atoms with van der Waals surface area (Å²) in [6.07, 6.45) is 6.68. The van der Waals surface area contributed by atoms with Gasteiger partial charge in [0.25, 0.3) is 0 Å². The van der Waals surface area contributed by atoms with Crippen LogP contribution >= 0.6 is 0 Å². The molecule has 0 heterocycles. The largest absolute Gasteiger partial charge is 0.497 e. The number of ketones is 1. The number of carbonyl (C=O) groups is 1. The Labute approximate surface area is 114 Å². The predicted octanol–water partition coefficient (Wildman–Crippen LogP) is 3.58. The molecule has 1 aromatic carbocycles. The van der Waals surface area contributed by atoms with Crippen LogP contribution in [0.25, 0.3) is 0 Å². The van der Waals surface area contributed by atoms with Gasteiger partial charge in [-0.2, -0.15) is 0 Å². The van der Waals surface area contributed by atoms with E-state index in [4.69, 9.17) is 4.74 Å². The number of rotatable bonds is 2. The van der Waals surface area contributed by atoms with Crippen molar-refractivity contribution < 1.29 is 9.53 Å². The Kier molecular flexibility index (Phi) is 2.96. The monoisotopic (exact) mass is 256 g/mol. The van der Waals surface area contributed by atoms with Gasteiger partial charge in [0.15, 0.2) is 5.78 Å². The molecule has 2 nitrogen and oxygen atoms in total. The average Bonchev–Trinajstić information content (AvgIpc) is 2.46. The molecule has 0 spiro atoms. The number of fused-ring (bicyclic) bond motifs is 3. The lowest BCUT2D eigenvalue weighted by molar-refractivity contribution is -0.115. The summed E-state index contributed by atoms with van der Waals surface area (Å²) in [6.45, 7) is 2.24. The van der Waals surface area contributed by atoms with E-state index in [1.807, 2.05) is 6.08 Å². The number of aryl methyl sites for hydroxylation is 1. The molecule has 0 amide bonds. The van der Waals surface area contributed by atoms with Crippen LogP contribution in [-0.4, -0.2) is 12.9 Å². The molecule has 1 aromatic rings. The zero-order valence-corrected chi connectivity index (χ0v) is 11.7. The third-order valence-corrected chi connectivity index (χ3v) is 4.84. The molecule has 0 fully saturated rings. The Balaban J connectivity index is 2.15. The molecule has 3 rings (SSSR count).